The summed E-state index contributed by atoms with van der Waals surface area (Å²) in [5, 5.41) is 0.539. The standard InChI is InChI=1S/C11H18ClN3/c1-3-15(4-2)7-8-5-9(13)6-10(12)11(8)14/h5-6H,3-4,7,13-14H2,1-2H3. The molecule has 0 bridgehead atoms. The van der Waals surface area contributed by atoms with E-state index in [1.54, 1.807) is 6.07 Å². The van der Waals surface area contributed by atoms with Crippen molar-refractivity contribution in [2.45, 2.75) is 20.4 Å². The van der Waals surface area contributed by atoms with Gasteiger partial charge in [-0.1, -0.05) is 25.4 Å². The minimum absolute atomic E-state index is 0.539. The summed E-state index contributed by atoms with van der Waals surface area (Å²) < 4.78 is 0. The van der Waals surface area contributed by atoms with Crippen molar-refractivity contribution in [1.82, 2.24) is 4.90 Å². The molecule has 0 saturated carbocycles. The van der Waals surface area contributed by atoms with E-state index in [4.69, 9.17) is 23.1 Å². The van der Waals surface area contributed by atoms with Gasteiger partial charge in [0.2, 0.25) is 0 Å². The van der Waals surface area contributed by atoms with Gasteiger partial charge in [0.25, 0.3) is 0 Å². The zero-order valence-electron chi connectivity index (χ0n) is 9.26. The minimum atomic E-state index is 0.539. The maximum atomic E-state index is 5.97. The Hall–Kier alpha value is -0.930. The molecule has 0 radical (unpaired) electrons. The van der Waals surface area contributed by atoms with E-state index in [2.05, 4.69) is 18.7 Å². The van der Waals surface area contributed by atoms with Gasteiger partial charge in [-0.15, -0.1) is 0 Å². The van der Waals surface area contributed by atoms with Crippen LogP contribution in [0, 0.1) is 0 Å². The third kappa shape index (κ3) is 3.01. The number of nitrogen functional groups attached to an aromatic ring is 2. The van der Waals surface area contributed by atoms with Crippen LogP contribution in [0.2, 0.25) is 5.02 Å². The van der Waals surface area contributed by atoms with E-state index in [0.717, 1.165) is 25.2 Å². The molecule has 4 heteroatoms. The van der Waals surface area contributed by atoms with E-state index >= 15 is 0 Å². The quantitative estimate of drug-likeness (QED) is 0.777. The summed E-state index contributed by atoms with van der Waals surface area (Å²) in [6.45, 7) is 7.01. The molecule has 0 heterocycles. The number of anilines is 2. The van der Waals surface area contributed by atoms with Crippen molar-refractivity contribution in [2.24, 2.45) is 0 Å². The Bertz CT molecular complexity index is 335. The molecule has 3 nitrogen and oxygen atoms in total. The summed E-state index contributed by atoms with van der Waals surface area (Å²) in [7, 11) is 0. The van der Waals surface area contributed by atoms with Crippen molar-refractivity contribution >= 4 is 23.0 Å². The fraction of sp³-hybridized carbons (Fsp3) is 0.455. The summed E-state index contributed by atoms with van der Waals surface area (Å²) in [6.07, 6.45) is 0. The number of rotatable bonds is 4. The van der Waals surface area contributed by atoms with Gasteiger partial charge in [-0.3, -0.25) is 4.90 Å². The Morgan fingerprint density at radius 2 is 1.80 bits per heavy atom. The molecule has 0 fully saturated rings. The molecular weight excluding hydrogens is 210 g/mol. The number of nitrogens with two attached hydrogens (primary N) is 2. The average Bonchev–Trinajstić information content (AvgIpc) is 2.21. The third-order valence-corrected chi connectivity index (χ3v) is 2.84. The van der Waals surface area contributed by atoms with E-state index in [0.29, 0.717) is 16.4 Å². The van der Waals surface area contributed by atoms with Crippen molar-refractivity contribution in [3.63, 3.8) is 0 Å². The summed E-state index contributed by atoms with van der Waals surface area (Å²) >= 11 is 5.97. The van der Waals surface area contributed by atoms with Crippen LogP contribution in [0.1, 0.15) is 19.4 Å². The maximum absolute atomic E-state index is 5.97. The SMILES string of the molecule is CCN(CC)Cc1cc(N)cc(Cl)c1N. The van der Waals surface area contributed by atoms with Crippen molar-refractivity contribution in [2.75, 3.05) is 24.6 Å². The monoisotopic (exact) mass is 227 g/mol. The molecule has 0 aromatic heterocycles. The van der Waals surface area contributed by atoms with Crippen molar-refractivity contribution in [1.29, 1.82) is 0 Å². The summed E-state index contributed by atoms with van der Waals surface area (Å²) in [5.74, 6) is 0. The molecule has 0 aliphatic rings. The zero-order valence-corrected chi connectivity index (χ0v) is 10.0. The molecule has 0 atom stereocenters. The fourth-order valence-corrected chi connectivity index (χ4v) is 1.76. The second-order valence-electron chi connectivity index (χ2n) is 3.54. The second kappa shape index (κ2) is 5.24. The van der Waals surface area contributed by atoms with Crippen molar-refractivity contribution in [3.05, 3.63) is 22.7 Å². The summed E-state index contributed by atoms with van der Waals surface area (Å²) in [5.41, 5.74) is 13.9. The summed E-state index contributed by atoms with van der Waals surface area (Å²) in [6, 6.07) is 3.57. The van der Waals surface area contributed by atoms with Gasteiger partial charge in [-0.2, -0.15) is 0 Å². The smallest absolute Gasteiger partial charge is 0.0659 e. The molecule has 0 spiro atoms. The van der Waals surface area contributed by atoms with Gasteiger partial charge in [0.1, 0.15) is 0 Å². The number of nitrogens with zero attached hydrogens (tertiary/aromatic N) is 1. The number of hydrogen-bond donors (Lipinski definition) is 2. The van der Waals surface area contributed by atoms with Crippen molar-refractivity contribution < 1.29 is 0 Å². The fourth-order valence-electron chi connectivity index (χ4n) is 1.52. The van der Waals surface area contributed by atoms with Gasteiger partial charge in [0, 0.05) is 12.2 Å². The van der Waals surface area contributed by atoms with Crippen LogP contribution in [0.4, 0.5) is 11.4 Å². The molecule has 4 N–H and O–H groups in total. The predicted octanol–water partition coefficient (Wildman–Crippen LogP) is 2.35. The first-order valence-corrected chi connectivity index (χ1v) is 5.52. The Morgan fingerprint density at radius 1 is 1.20 bits per heavy atom. The molecule has 0 amide bonds. The van der Waals surface area contributed by atoms with Crippen LogP contribution < -0.4 is 11.5 Å². The van der Waals surface area contributed by atoms with Crippen LogP contribution in [0.15, 0.2) is 12.1 Å². The topological polar surface area (TPSA) is 55.3 Å². The Balaban J connectivity index is 2.93. The minimum Gasteiger partial charge on any atom is -0.399 e. The highest BCUT2D eigenvalue weighted by molar-refractivity contribution is 6.33. The highest BCUT2D eigenvalue weighted by atomic mass is 35.5. The van der Waals surface area contributed by atoms with Crippen LogP contribution in [0.25, 0.3) is 0 Å². The number of benzene rings is 1. The molecule has 0 aliphatic carbocycles. The first-order chi connectivity index (χ1) is 7.08. The number of halogens is 1. The highest BCUT2D eigenvalue weighted by Gasteiger charge is 2.08. The van der Waals surface area contributed by atoms with E-state index < -0.39 is 0 Å². The predicted molar refractivity (Wildman–Crippen MR) is 66.9 cm³/mol. The van der Waals surface area contributed by atoms with Gasteiger partial charge in [0.05, 0.1) is 10.7 Å². The molecule has 84 valence electrons. The van der Waals surface area contributed by atoms with E-state index in [-0.39, 0.29) is 0 Å². The maximum Gasteiger partial charge on any atom is 0.0659 e. The lowest BCUT2D eigenvalue weighted by Gasteiger charge is -2.19. The molecular formula is C11H18ClN3. The van der Waals surface area contributed by atoms with Gasteiger partial charge >= 0.3 is 0 Å². The third-order valence-electron chi connectivity index (χ3n) is 2.53. The molecule has 0 unspecified atom stereocenters. The van der Waals surface area contributed by atoms with E-state index in [1.165, 1.54) is 0 Å². The molecule has 0 aliphatic heterocycles. The molecule has 0 saturated heterocycles. The lowest BCUT2D eigenvalue weighted by Crippen LogP contribution is -2.22. The Morgan fingerprint density at radius 3 is 2.33 bits per heavy atom. The largest absolute Gasteiger partial charge is 0.399 e. The molecule has 1 rings (SSSR count). The van der Waals surface area contributed by atoms with Crippen molar-refractivity contribution in [3.8, 4) is 0 Å². The van der Waals surface area contributed by atoms with Crippen LogP contribution in [-0.2, 0) is 6.54 Å². The average molecular weight is 228 g/mol. The van der Waals surface area contributed by atoms with Crippen LogP contribution in [0.3, 0.4) is 0 Å². The summed E-state index contributed by atoms with van der Waals surface area (Å²) in [4.78, 5) is 2.27. The molecule has 15 heavy (non-hydrogen) atoms. The van der Waals surface area contributed by atoms with Gasteiger partial charge in [-0.05, 0) is 30.8 Å². The zero-order chi connectivity index (χ0) is 11.4. The first kappa shape index (κ1) is 12.1. The molecule has 1 aromatic carbocycles. The second-order valence-corrected chi connectivity index (χ2v) is 3.94. The van der Waals surface area contributed by atoms with Crippen LogP contribution in [0.5, 0.6) is 0 Å². The molecule has 1 aromatic rings. The van der Waals surface area contributed by atoms with E-state index in [1.807, 2.05) is 6.07 Å². The normalized spacial score (nSPS) is 10.9. The Kier molecular flexibility index (Phi) is 4.24. The van der Waals surface area contributed by atoms with Gasteiger partial charge in [0.15, 0.2) is 0 Å². The number of hydrogen-bond acceptors (Lipinski definition) is 3. The van der Waals surface area contributed by atoms with Gasteiger partial charge in [-0.25, -0.2) is 0 Å². The van der Waals surface area contributed by atoms with Crippen LogP contribution in [-0.4, -0.2) is 18.0 Å². The Labute approximate surface area is 96.0 Å². The lowest BCUT2D eigenvalue weighted by atomic mass is 10.1. The van der Waals surface area contributed by atoms with Gasteiger partial charge < -0.3 is 11.5 Å². The first-order valence-electron chi connectivity index (χ1n) is 5.14. The highest BCUT2D eigenvalue weighted by Crippen LogP contribution is 2.27. The lowest BCUT2D eigenvalue weighted by molar-refractivity contribution is 0.296. The van der Waals surface area contributed by atoms with E-state index in [9.17, 15) is 0 Å². The van der Waals surface area contributed by atoms with Crippen LogP contribution >= 0.6 is 11.6 Å².